The monoisotopic (exact) mass is 370 g/mol. The zero-order valence-corrected chi connectivity index (χ0v) is 15.7. The molecule has 1 nitrogen and oxygen atoms in total. The lowest BCUT2D eigenvalue weighted by Crippen LogP contribution is -3.00. The van der Waals surface area contributed by atoms with Crippen LogP contribution in [0.5, 0.6) is 0 Å². The molecule has 0 radical (unpaired) electrons. The van der Waals surface area contributed by atoms with E-state index in [1.54, 1.807) is 0 Å². The van der Waals surface area contributed by atoms with Crippen molar-refractivity contribution in [3.05, 3.63) is 52.6 Å². The highest BCUT2D eigenvalue weighted by Crippen LogP contribution is 2.43. The number of benzene rings is 2. The van der Waals surface area contributed by atoms with Gasteiger partial charge in [0.25, 0.3) is 0 Å². The number of rotatable bonds is 1. The minimum Gasteiger partial charge on any atom is -1.00 e. The number of aryl methyl sites for hydroxylation is 3. The van der Waals surface area contributed by atoms with E-state index in [0.29, 0.717) is 5.92 Å². The van der Waals surface area contributed by atoms with Gasteiger partial charge in [-0.05, 0) is 73.9 Å². The van der Waals surface area contributed by atoms with Gasteiger partial charge in [-0.15, -0.1) is 0 Å². The summed E-state index contributed by atoms with van der Waals surface area (Å²) in [7, 11) is 0. The number of hydrogen-bond donors (Lipinski definition) is 0. The fourth-order valence-electron chi connectivity index (χ4n) is 4.19. The fraction of sp³-hybridized carbons (Fsp3) is 0.381. The predicted molar refractivity (Wildman–Crippen MR) is 93.5 cm³/mol. The first kappa shape index (κ1) is 16.4. The van der Waals surface area contributed by atoms with Gasteiger partial charge in [0, 0.05) is 12.1 Å². The van der Waals surface area contributed by atoms with Gasteiger partial charge in [-0.2, -0.15) is 0 Å². The van der Waals surface area contributed by atoms with E-state index in [1.807, 2.05) is 0 Å². The van der Waals surface area contributed by atoms with E-state index >= 15 is 0 Å². The second-order valence-electron chi connectivity index (χ2n) is 6.95. The molecular formula is C21H23BrO. The third-order valence-corrected chi connectivity index (χ3v) is 5.12. The summed E-state index contributed by atoms with van der Waals surface area (Å²) < 4.78 is 6.26. The summed E-state index contributed by atoms with van der Waals surface area (Å²) in [5.41, 5.74) is 7.56. The zero-order chi connectivity index (χ0) is 15.3. The van der Waals surface area contributed by atoms with E-state index in [9.17, 15) is 0 Å². The average Bonchev–Trinajstić information content (AvgIpc) is 2.99. The Morgan fingerprint density at radius 1 is 0.870 bits per heavy atom. The molecule has 1 aromatic heterocycles. The molecule has 23 heavy (non-hydrogen) atoms. The Morgan fingerprint density at radius 3 is 2.35 bits per heavy atom. The van der Waals surface area contributed by atoms with Crippen molar-refractivity contribution >= 4 is 21.9 Å². The first-order valence-corrected chi connectivity index (χ1v) is 8.41. The molecule has 2 aromatic carbocycles. The molecule has 0 amide bonds. The van der Waals surface area contributed by atoms with Gasteiger partial charge < -0.3 is 17.0 Å². The molecule has 2 heteroatoms. The highest BCUT2D eigenvalue weighted by molar-refractivity contribution is 5.97. The third kappa shape index (κ3) is 2.78. The van der Waals surface area contributed by atoms with Crippen LogP contribution in [0, 0.1) is 20.8 Å². The van der Waals surface area contributed by atoms with Crippen LogP contribution >= 0.6 is 0 Å². The Labute approximate surface area is 148 Å². The summed E-state index contributed by atoms with van der Waals surface area (Å²) in [4.78, 5) is 0. The lowest BCUT2D eigenvalue weighted by molar-refractivity contribution is -0.00000509. The smallest absolute Gasteiger partial charge is 0.361 e. The van der Waals surface area contributed by atoms with Gasteiger partial charge in [-0.25, -0.2) is 4.42 Å². The highest BCUT2D eigenvalue weighted by Gasteiger charge is 2.28. The predicted octanol–water partition coefficient (Wildman–Crippen LogP) is 3.45. The molecule has 1 saturated carbocycles. The quantitative estimate of drug-likeness (QED) is 0.471. The van der Waals surface area contributed by atoms with Crippen molar-refractivity contribution in [2.75, 3.05) is 0 Å². The van der Waals surface area contributed by atoms with Crippen LogP contribution in [0.4, 0.5) is 0 Å². The second kappa shape index (κ2) is 6.24. The summed E-state index contributed by atoms with van der Waals surface area (Å²) in [6.07, 6.45) is 5.35. The van der Waals surface area contributed by atoms with E-state index in [-0.39, 0.29) is 17.0 Å². The zero-order valence-electron chi connectivity index (χ0n) is 14.1. The molecule has 3 aromatic rings. The van der Waals surface area contributed by atoms with E-state index in [4.69, 9.17) is 4.42 Å². The average molecular weight is 371 g/mol. The first-order chi connectivity index (χ1) is 10.6. The Kier molecular flexibility index (Phi) is 4.46. The van der Waals surface area contributed by atoms with E-state index < -0.39 is 0 Å². The first-order valence-electron chi connectivity index (χ1n) is 8.41. The minimum atomic E-state index is 0. The molecule has 0 spiro atoms. The van der Waals surface area contributed by atoms with Crippen LogP contribution in [0.1, 0.15) is 53.9 Å². The second-order valence-corrected chi connectivity index (χ2v) is 6.95. The molecular weight excluding hydrogens is 348 g/mol. The van der Waals surface area contributed by atoms with Crippen molar-refractivity contribution in [3.8, 4) is 0 Å². The van der Waals surface area contributed by atoms with Crippen molar-refractivity contribution in [2.45, 2.75) is 52.4 Å². The van der Waals surface area contributed by atoms with Crippen molar-refractivity contribution in [1.29, 1.82) is 0 Å². The van der Waals surface area contributed by atoms with Crippen molar-refractivity contribution in [3.63, 3.8) is 0 Å². The molecule has 0 N–H and O–H groups in total. The number of halogens is 1. The van der Waals surface area contributed by atoms with Crippen LogP contribution in [0.2, 0.25) is 0 Å². The molecule has 0 atom stereocenters. The van der Waals surface area contributed by atoms with Gasteiger partial charge in [-0.1, -0.05) is 18.9 Å². The lowest BCUT2D eigenvalue weighted by atomic mass is 9.88. The summed E-state index contributed by atoms with van der Waals surface area (Å²) in [5, 5.41) is 2.68. The van der Waals surface area contributed by atoms with E-state index in [2.05, 4.69) is 51.1 Å². The lowest BCUT2D eigenvalue weighted by Gasteiger charge is -2.14. The maximum Gasteiger partial charge on any atom is 0.361 e. The Bertz CT molecular complexity index is 876. The van der Waals surface area contributed by atoms with Gasteiger partial charge in [-0.3, -0.25) is 0 Å². The van der Waals surface area contributed by atoms with Gasteiger partial charge in [0.1, 0.15) is 0 Å². The molecule has 120 valence electrons. The topological polar surface area (TPSA) is 11.3 Å². The highest BCUT2D eigenvalue weighted by atomic mass is 79.9. The van der Waals surface area contributed by atoms with Crippen LogP contribution in [-0.2, 0) is 0 Å². The van der Waals surface area contributed by atoms with Crippen LogP contribution in [0.15, 0.2) is 34.7 Å². The molecule has 1 aliphatic rings. The van der Waals surface area contributed by atoms with Crippen LogP contribution in [-0.4, -0.2) is 0 Å². The Morgan fingerprint density at radius 2 is 1.61 bits per heavy atom. The molecule has 4 rings (SSSR count). The van der Waals surface area contributed by atoms with Crippen molar-refractivity contribution in [1.82, 2.24) is 0 Å². The summed E-state index contributed by atoms with van der Waals surface area (Å²) in [5.74, 6) is 0.685. The molecule has 0 bridgehead atoms. The largest absolute Gasteiger partial charge is 1.00 e. The maximum atomic E-state index is 6.26. The minimum absolute atomic E-state index is 0. The number of fused-ring (bicyclic) bond motifs is 2. The molecule has 0 aliphatic heterocycles. The fourth-order valence-corrected chi connectivity index (χ4v) is 4.19. The van der Waals surface area contributed by atoms with Crippen LogP contribution in [0.25, 0.3) is 21.9 Å². The summed E-state index contributed by atoms with van der Waals surface area (Å²) >= 11 is 0. The maximum absolute atomic E-state index is 6.26. The third-order valence-electron chi connectivity index (χ3n) is 5.12. The van der Waals surface area contributed by atoms with Gasteiger partial charge in [0.2, 0.25) is 0 Å². The summed E-state index contributed by atoms with van der Waals surface area (Å²) in [6.45, 7) is 6.55. The summed E-state index contributed by atoms with van der Waals surface area (Å²) in [6, 6.07) is 11.1. The number of hydrogen-bond acceptors (Lipinski definition) is 0. The van der Waals surface area contributed by atoms with Crippen LogP contribution in [0.3, 0.4) is 0 Å². The van der Waals surface area contributed by atoms with E-state index in [1.165, 1.54) is 58.7 Å². The van der Waals surface area contributed by atoms with Crippen LogP contribution < -0.4 is 17.0 Å². The van der Waals surface area contributed by atoms with Gasteiger partial charge in [0.05, 0.1) is 10.8 Å². The van der Waals surface area contributed by atoms with E-state index in [0.717, 1.165) is 11.2 Å². The SMILES string of the molecule is Cc1cc(C)c2c(C3CCCC3)c3cc(C)ccc3[o+]c2c1.[Br-]. The van der Waals surface area contributed by atoms with Gasteiger partial charge in [0.15, 0.2) is 0 Å². The molecule has 1 aliphatic carbocycles. The normalized spacial score (nSPS) is 15.3. The van der Waals surface area contributed by atoms with Gasteiger partial charge >= 0.3 is 11.2 Å². The molecule has 0 unspecified atom stereocenters. The standard InChI is InChI=1S/C21H23O.BrH/c1-13-8-9-18-17(11-13)21(16-6-4-5-7-16)20-15(3)10-14(2)12-19(20)22-18;/h8-12,16H,4-7H2,1-3H3;1H/q+1;/p-1. The van der Waals surface area contributed by atoms with Crippen molar-refractivity contribution in [2.24, 2.45) is 0 Å². The van der Waals surface area contributed by atoms with Crippen molar-refractivity contribution < 1.29 is 21.4 Å². The Balaban J connectivity index is 0.00000156. The molecule has 1 fully saturated rings. The Hall–Kier alpha value is -1.41. The molecule has 0 saturated heterocycles. The molecule has 1 heterocycles.